The molecule has 0 saturated heterocycles. The van der Waals surface area contributed by atoms with Gasteiger partial charge >= 0.3 is 0 Å². The van der Waals surface area contributed by atoms with Gasteiger partial charge in [0, 0.05) is 6.42 Å². The Morgan fingerprint density at radius 2 is 1.54 bits per heavy atom. The second kappa shape index (κ2) is 10.9. The Balaban J connectivity index is 1.55. The van der Waals surface area contributed by atoms with E-state index in [1.165, 1.54) is 63.4 Å². The minimum absolute atomic E-state index is 0.244. The largest absolute Gasteiger partial charge is 0.462 e. The number of benzene rings is 1. The third-order valence-corrected chi connectivity index (χ3v) is 5.83. The van der Waals surface area contributed by atoms with E-state index < -0.39 is 0 Å². The first-order valence-corrected chi connectivity index (χ1v) is 10.9. The van der Waals surface area contributed by atoms with Gasteiger partial charge in [-0.3, -0.25) is 0 Å². The molecule has 3 nitrogen and oxygen atoms in total. The molecule has 0 aliphatic heterocycles. The van der Waals surface area contributed by atoms with Gasteiger partial charge in [-0.25, -0.2) is 4.89 Å². The number of hydrogen-bond donors (Lipinski definition) is 0. The first-order chi connectivity index (χ1) is 12.8. The fourth-order valence-electron chi connectivity index (χ4n) is 4.28. The van der Waals surface area contributed by atoms with Crippen molar-refractivity contribution in [3.05, 3.63) is 29.8 Å². The molecule has 0 aromatic heterocycles. The average molecular weight is 361 g/mol. The van der Waals surface area contributed by atoms with Crippen LogP contribution in [-0.2, 0) is 16.2 Å². The molecule has 0 spiro atoms. The van der Waals surface area contributed by atoms with Crippen molar-refractivity contribution >= 4 is 0 Å². The summed E-state index contributed by atoms with van der Waals surface area (Å²) < 4.78 is 6.19. The highest BCUT2D eigenvalue weighted by Crippen LogP contribution is 2.30. The third kappa shape index (κ3) is 6.59. The van der Waals surface area contributed by atoms with Crippen molar-refractivity contribution < 1.29 is 14.5 Å². The molecule has 26 heavy (non-hydrogen) atoms. The molecule has 0 amide bonds. The molecular weight excluding hydrogens is 324 g/mol. The normalized spacial score (nSPS) is 20.8. The predicted molar refractivity (Wildman–Crippen MR) is 105 cm³/mol. The van der Waals surface area contributed by atoms with Crippen molar-refractivity contribution in [2.24, 2.45) is 5.92 Å². The summed E-state index contributed by atoms with van der Waals surface area (Å²) in [6.07, 6.45) is 15.9. The Labute approximate surface area is 159 Å². The predicted octanol–water partition coefficient (Wildman–Crippen LogP) is 6.60. The van der Waals surface area contributed by atoms with E-state index in [4.69, 9.17) is 14.5 Å². The molecule has 3 rings (SSSR count). The Kier molecular flexibility index (Phi) is 8.28. The summed E-state index contributed by atoms with van der Waals surface area (Å²) in [5.74, 6) is 1.58. The lowest BCUT2D eigenvalue weighted by Crippen LogP contribution is -2.28. The second-order valence-corrected chi connectivity index (χ2v) is 8.13. The number of aryl methyl sites for hydroxylation is 1. The number of rotatable bonds is 9. The van der Waals surface area contributed by atoms with E-state index in [0.29, 0.717) is 5.92 Å². The van der Waals surface area contributed by atoms with Gasteiger partial charge in [0.2, 0.25) is 6.29 Å². The van der Waals surface area contributed by atoms with Crippen LogP contribution in [0.3, 0.4) is 0 Å². The van der Waals surface area contributed by atoms with Crippen LogP contribution in [0.1, 0.15) is 89.5 Å². The van der Waals surface area contributed by atoms with Gasteiger partial charge in [-0.2, -0.15) is 4.89 Å². The van der Waals surface area contributed by atoms with Gasteiger partial charge in [0.1, 0.15) is 5.75 Å². The number of ether oxygens (including phenoxy) is 1. The zero-order valence-electron chi connectivity index (χ0n) is 16.5. The van der Waals surface area contributed by atoms with Crippen LogP contribution in [0.15, 0.2) is 24.3 Å². The molecule has 0 bridgehead atoms. The van der Waals surface area contributed by atoms with Crippen molar-refractivity contribution in [2.75, 3.05) is 0 Å². The van der Waals surface area contributed by atoms with E-state index in [0.717, 1.165) is 31.4 Å². The van der Waals surface area contributed by atoms with Gasteiger partial charge in [-0.1, -0.05) is 76.8 Å². The van der Waals surface area contributed by atoms with Gasteiger partial charge in [0.05, 0.1) is 6.10 Å². The quantitative estimate of drug-likeness (QED) is 0.282. The average Bonchev–Trinajstić information content (AvgIpc) is 2.69. The summed E-state index contributed by atoms with van der Waals surface area (Å²) in [6.45, 7) is 2.21. The van der Waals surface area contributed by atoms with Crippen LogP contribution in [0.5, 0.6) is 5.75 Å². The summed E-state index contributed by atoms with van der Waals surface area (Å²) in [5, 5.41) is 0. The molecule has 0 N–H and O–H groups in total. The first kappa shape index (κ1) is 19.7. The maximum atomic E-state index is 6.19. The monoisotopic (exact) mass is 360 g/mol. The van der Waals surface area contributed by atoms with E-state index in [-0.39, 0.29) is 12.4 Å². The molecule has 1 aromatic carbocycles. The first-order valence-electron chi connectivity index (χ1n) is 10.9. The highest BCUT2D eigenvalue weighted by Gasteiger charge is 2.24. The Morgan fingerprint density at radius 1 is 0.885 bits per heavy atom. The van der Waals surface area contributed by atoms with Crippen molar-refractivity contribution in [3.63, 3.8) is 0 Å². The minimum atomic E-state index is -0.294. The van der Waals surface area contributed by atoms with Gasteiger partial charge < -0.3 is 4.74 Å². The number of hydrogen-bond acceptors (Lipinski definition) is 3. The molecule has 3 heteroatoms. The molecule has 0 heterocycles. The Morgan fingerprint density at radius 3 is 2.19 bits per heavy atom. The summed E-state index contributed by atoms with van der Waals surface area (Å²) >= 11 is 0. The van der Waals surface area contributed by atoms with E-state index >= 15 is 0 Å². The maximum absolute atomic E-state index is 6.19. The molecule has 2 saturated carbocycles. The fourth-order valence-corrected chi connectivity index (χ4v) is 4.28. The summed E-state index contributed by atoms with van der Waals surface area (Å²) in [5.41, 5.74) is 1.36. The zero-order chi connectivity index (χ0) is 18.0. The molecule has 2 aliphatic rings. The summed E-state index contributed by atoms with van der Waals surface area (Å²) in [7, 11) is 0. The molecule has 0 radical (unpaired) electrons. The molecule has 2 fully saturated rings. The van der Waals surface area contributed by atoms with Gasteiger partial charge in [-0.15, -0.1) is 0 Å². The molecule has 146 valence electrons. The van der Waals surface area contributed by atoms with Crippen LogP contribution < -0.4 is 4.74 Å². The highest BCUT2D eigenvalue weighted by atomic mass is 17.2. The third-order valence-electron chi connectivity index (χ3n) is 5.83. The molecule has 1 atom stereocenters. The van der Waals surface area contributed by atoms with Crippen molar-refractivity contribution in [2.45, 2.75) is 103 Å². The smallest absolute Gasteiger partial charge is 0.231 e. The molecular formula is C23H36O3. The molecule has 1 aromatic rings. The van der Waals surface area contributed by atoms with Crippen LogP contribution in [0.4, 0.5) is 0 Å². The van der Waals surface area contributed by atoms with Crippen LogP contribution in [-0.4, -0.2) is 12.4 Å². The highest BCUT2D eigenvalue weighted by molar-refractivity contribution is 5.27. The van der Waals surface area contributed by atoms with Crippen LogP contribution >= 0.6 is 0 Å². The molecule has 1 unspecified atom stereocenters. The van der Waals surface area contributed by atoms with E-state index in [1.807, 2.05) is 0 Å². The SMILES string of the molecule is CCCc1ccc(OC(CC2CCCCC2)OOC2CCCCC2)cc1. The van der Waals surface area contributed by atoms with Crippen LogP contribution in [0.2, 0.25) is 0 Å². The lowest BCUT2D eigenvalue weighted by molar-refractivity contribution is -0.390. The Bertz CT molecular complexity index is 487. The van der Waals surface area contributed by atoms with Crippen molar-refractivity contribution in [1.82, 2.24) is 0 Å². The van der Waals surface area contributed by atoms with E-state index in [9.17, 15) is 0 Å². The maximum Gasteiger partial charge on any atom is 0.231 e. The fraction of sp³-hybridized carbons (Fsp3) is 0.739. The molecule has 2 aliphatic carbocycles. The second-order valence-electron chi connectivity index (χ2n) is 8.13. The minimum Gasteiger partial charge on any atom is -0.462 e. The van der Waals surface area contributed by atoms with Crippen LogP contribution in [0, 0.1) is 5.92 Å². The summed E-state index contributed by atoms with van der Waals surface area (Å²) in [6, 6.07) is 8.47. The van der Waals surface area contributed by atoms with E-state index in [1.54, 1.807) is 0 Å². The van der Waals surface area contributed by atoms with Crippen LogP contribution in [0.25, 0.3) is 0 Å². The Hall–Kier alpha value is -1.06. The standard InChI is InChI=1S/C23H36O3/c1-2-9-19-14-16-21(17-15-19)24-23(18-20-10-5-3-6-11-20)26-25-22-12-7-4-8-13-22/h14-17,20,22-23H,2-13,18H2,1H3. The summed E-state index contributed by atoms with van der Waals surface area (Å²) in [4.78, 5) is 11.6. The lowest BCUT2D eigenvalue weighted by atomic mass is 9.87. The topological polar surface area (TPSA) is 27.7 Å². The zero-order valence-corrected chi connectivity index (χ0v) is 16.5. The van der Waals surface area contributed by atoms with Gasteiger partial charge in [0.25, 0.3) is 0 Å². The van der Waals surface area contributed by atoms with E-state index in [2.05, 4.69) is 31.2 Å². The van der Waals surface area contributed by atoms with Crippen molar-refractivity contribution in [1.29, 1.82) is 0 Å². The van der Waals surface area contributed by atoms with Crippen molar-refractivity contribution in [3.8, 4) is 5.75 Å². The lowest BCUT2D eigenvalue weighted by Gasteiger charge is -2.28. The van der Waals surface area contributed by atoms with Gasteiger partial charge in [0.15, 0.2) is 0 Å². The van der Waals surface area contributed by atoms with Gasteiger partial charge in [-0.05, 0) is 42.9 Å².